The van der Waals surface area contributed by atoms with Crippen molar-refractivity contribution in [2.45, 2.75) is 26.7 Å². The molecule has 0 aliphatic rings. The van der Waals surface area contributed by atoms with Gasteiger partial charge in [-0.25, -0.2) is 14.6 Å². The van der Waals surface area contributed by atoms with Crippen LogP contribution in [0, 0.1) is 18.3 Å². The number of urea groups is 1. The Kier molecular flexibility index (Phi) is 7.26. The number of hydrogen-bond acceptors (Lipinski definition) is 6. The standard InChI is InChI=1S/C20H20N4O5/c1-3-4-9-29-19(27)13-5-7-14(8-6-13)23-20(28)22-11-16-12(2)15(10-21)17(25)24-18(16)26/h5-8,11H,3-4,9H2,1-2H3,(H,23,28)(H2,24,25,26)/b22-11+. The van der Waals surface area contributed by atoms with Crippen molar-refractivity contribution in [2.75, 3.05) is 11.9 Å². The molecule has 0 atom stereocenters. The van der Waals surface area contributed by atoms with Crippen molar-refractivity contribution in [3.63, 3.8) is 0 Å². The number of anilines is 1. The summed E-state index contributed by atoms with van der Waals surface area (Å²) in [7, 11) is 0. The summed E-state index contributed by atoms with van der Waals surface area (Å²) in [6.07, 6.45) is 2.77. The lowest BCUT2D eigenvalue weighted by Gasteiger charge is -2.06. The Morgan fingerprint density at radius 2 is 2.03 bits per heavy atom. The molecule has 0 fully saturated rings. The highest BCUT2D eigenvalue weighted by atomic mass is 16.5. The molecule has 0 saturated heterocycles. The minimum atomic E-state index is -0.744. The lowest BCUT2D eigenvalue weighted by Crippen LogP contribution is -2.14. The predicted molar refractivity (Wildman–Crippen MR) is 106 cm³/mol. The fourth-order valence-electron chi connectivity index (χ4n) is 2.37. The number of amides is 2. The first kappa shape index (κ1) is 21.4. The van der Waals surface area contributed by atoms with Gasteiger partial charge in [0.15, 0.2) is 0 Å². The molecule has 0 aliphatic carbocycles. The Bertz CT molecular complexity index is 1030. The molecule has 1 aromatic carbocycles. The van der Waals surface area contributed by atoms with Crippen molar-refractivity contribution in [3.05, 3.63) is 56.9 Å². The van der Waals surface area contributed by atoms with Gasteiger partial charge in [0.1, 0.15) is 11.6 Å². The highest BCUT2D eigenvalue weighted by Crippen LogP contribution is 2.16. The molecule has 0 unspecified atom stereocenters. The van der Waals surface area contributed by atoms with E-state index < -0.39 is 23.4 Å². The summed E-state index contributed by atoms with van der Waals surface area (Å²) in [6, 6.07) is 7.08. The second-order valence-electron chi connectivity index (χ2n) is 6.08. The van der Waals surface area contributed by atoms with Gasteiger partial charge in [-0.15, -0.1) is 0 Å². The molecule has 9 nitrogen and oxygen atoms in total. The predicted octanol–water partition coefficient (Wildman–Crippen LogP) is 2.87. The molecule has 29 heavy (non-hydrogen) atoms. The minimum Gasteiger partial charge on any atom is -0.494 e. The van der Waals surface area contributed by atoms with Crippen LogP contribution in [0.3, 0.4) is 0 Å². The number of H-pyrrole nitrogens is 1. The Morgan fingerprint density at radius 1 is 1.34 bits per heavy atom. The van der Waals surface area contributed by atoms with Crippen LogP contribution in [0.5, 0.6) is 5.88 Å². The number of ether oxygens (including phenoxy) is 1. The van der Waals surface area contributed by atoms with Gasteiger partial charge in [0.2, 0.25) is 5.88 Å². The third-order valence-electron chi connectivity index (χ3n) is 4.02. The first-order valence-corrected chi connectivity index (χ1v) is 8.85. The van der Waals surface area contributed by atoms with Gasteiger partial charge in [-0.1, -0.05) is 13.3 Å². The average molecular weight is 396 g/mol. The molecule has 1 heterocycles. The molecule has 9 heteroatoms. The summed E-state index contributed by atoms with van der Waals surface area (Å²) in [6.45, 7) is 3.81. The Morgan fingerprint density at radius 3 is 2.66 bits per heavy atom. The Balaban J connectivity index is 2.06. The quantitative estimate of drug-likeness (QED) is 0.389. The monoisotopic (exact) mass is 396 g/mol. The number of nitrogens with zero attached hydrogens (tertiary/aromatic N) is 2. The number of aromatic hydroxyl groups is 1. The van der Waals surface area contributed by atoms with Crippen LogP contribution >= 0.6 is 0 Å². The van der Waals surface area contributed by atoms with E-state index in [-0.39, 0.29) is 16.7 Å². The third kappa shape index (κ3) is 5.52. The van der Waals surface area contributed by atoms with Crippen LogP contribution in [-0.2, 0) is 4.74 Å². The van der Waals surface area contributed by atoms with E-state index in [0.29, 0.717) is 17.9 Å². The molecule has 2 aromatic rings. The van der Waals surface area contributed by atoms with Crippen molar-refractivity contribution in [3.8, 4) is 11.9 Å². The zero-order valence-electron chi connectivity index (χ0n) is 16.0. The van der Waals surface area contributed by atoms with Crippen molar-refractivity contribution < 1.29 is 19.4 Å². The van der Waals surface area contributed by atoms with Gasteiger partial charge in [0.25, 0.3) is 5.56 Å². The summed E-state index contributed by atoms with van der Waals surface area (Å²) >= 11 is 0. The zero-order chi connectivity index (χ0) is 21.4. The lowest BCUT2D eigenvalue weighted by atomic mass is 10.1. The maximum Gasteiger partial charge on any atom is 0.345 e. The van der Waals surface area contributed by atoms with E-state index in [1.165, 1.54) is 31.2 Å². The molecule has 3 N–H and O–H groups in total. The van der Waals surface area contributed by atoms with Crippen LogP contribution in [0.1, 0.15) is 46.8 Å². The number of aromatic amines is 1. The second kappa shape index (κ2) is 9.85. The van der Waals surface area contributed by atoms with Gasteiger partial charge in [0.05, 0.1) is 17.7 Å². The first-order valence-electron chi connectivity index (χ1n) is 8.85. The zero-order valence-corrected chi connectivity index (χ0v) is 16.0. The first-order chi connectivity index (χ1) is 13.9. The number of unbranched alkanes of at least 4 members (excludes halogenated alkanes) is 1. The molecular formula is C20H20N4O5. The van der Waals surface area contributed by atoms with Crippen LogP contribution in [0.2, 0.25) is 0 Å². The van der Waals surface area contributed by atoms with Gasteiger partial charge >= 0.3 is 12.0 Å². The second-order valence-corrected chi connectivity index (χ2v) is 6.08. The maximum absolute atomic E-state index is 12.0. The molecule has 150 valence electrons. The molecule has 0 saturated carbocycles. The van der Waals surface area contributed by atoms with Crippen LogP contribution in [0.4, 0.5) is 10.5 Å². The molecule has 0 aliphatic heterocycles. The van der Waals surface area contributed by atoms with Gasteiger partial charge < -0.3 is 15.2 Å². The van der Waals surface area contributed by atoms with E-state index in [4.69, 9.17) is 10.00 Å². The number of nitriles is 1. The molecule has 0 radical (unpaired) electrons. The minimum absolute atomic E-state index is 0.0569. The number of carbonyl (C=O) groups excluding carboxylic acids is 2. The number of aromatic nitrogens is 1. The lowest BCUT2D eigenvalue weighted by molar-refractivity contribution is 0.0499. The molecule has 2 amide bonds. The third-order valence-corrected chi connectivity index (χ3v) is 4.02. The van der Waals surface area contributed by atoms with Gasteiger partial charge in [-0.3, -0.25) is 9.78 Å². The topological polar surface area (TPSA) is 145 Å². The number of benzene rings is 1. The van der Waals surface area contributed by atoms with E-state index in [2.05, 4.69) is 15.3 Å². The van der Waals surface area contributed by atoms with Gasteiger partial charge in [0, 0.05) is 11.9 Å². The molecule has 0 spiro atoms. The van der Waals surface area contributed by atoms with Crippen molar-refractivity contribution in [1.29, 1.82) is 5.26 Å². The van der Waals surface area contributed by atoms with E-state index in [1.54, 1.807) is 6.07 Å². The van der Waals surface area contributed by atoms with E-state index in [0.717, 1.165) is 19.1 Å². The molecule has 1 aromatic heterocycles. The molecule has 0 bridgehead atoms. The highest BCUT2D eigenvalue weighted by Gasteiger charge is 2.13. The van der Waals surface area contributed by atoms with Crippen LogP contribution in [0.25, 0.3) is 0 Å². The van der Waals surface area contributed by atoms with Gasteiger partial charge in [-0.2, -0.15) is 5.26 Å². The fourth-order valence-corrected chi connectivity index (χ4v) is 2.37. The average Bonchev–Trinajstić information content (AvgIpc) is 2.68. The fraction of sp³-hybridized carbons (Fsp3) is 0.250. The summed E-state index contributed by atoms with van der Waals surface area (Å²) in [4.78, 5) is 41.2. The number of aliphatic imine (C=N–C) groups is 1. The number of hydrogen-bond donors (Lipinski definition) is 3. The largest absolute Gasteiger partial charge is 0.494 e. The normalized spacial score (nSPS) is 10.5. The number of esters is 1. The van der Waals surface area contributed by atoms with Gasteiger partial charge in [-0.05, 0) is 43.2 Å². The van der Waals surface area contributed by atoms with Crippen molar-refractivity contribution in [1.82, 2.24) is 4.98 Å². The Hall–Kier alpha value is -3.93. The molecule has 2 rings (SSSR count). The smallest absolute Gasteiger partial charge is 0.345 e. The van der Waals surface area contributed by atoms with E-state index in [9.17, 15) is 19.5 Å². The Labute approximate surface area is 166 Å². The summed E-state index contributed by atoms with van der Waals surface area (Å²) < 4.78 is 5.11. The number of rotatable bonds is 6. The summed E-state index contributed by atoms with van der Waals surface area (Å²) in [5.74, 6) is -0.930. The number of carbonyl (C=O) groups is 2. The van der Waals surface area contributed by atoms with Crippen LogP contribution in [0.15, 0.2) is 34.1 Å². The van der Waals surface area contributed by atoms with E-state index >= 15 is 0 Å². The SMILES string of the molecule is CCCCOC(=O)c1ccc(NC(=O)/N=C/c2c(O)[nH]c(=O)c(C#N)c2C)cc1. The van der Waals surface area contributed by atoms with Crippen LogP contribution in [-0.4, -0.2) is 34.9 Å². The molecular weight excluding hydrogens is 376 g/mol. The number of nitrogens with one attached hydrogen (secondary N) is 2. The summed E-state index contributed by atoms with van der Waals surface area (Å²) in [5, 5.41) is 21.3. The van der Waals surface area contributed by atoms with Crippen LogP contribution < -0.4 is 10.9 Å². The van der Waals surface area contributed by atoms with Crippen molar-refractivity contribution in [2.24, 2.45) is 4.99 Å². The van der Waals surface area contributed by atoms with Crippen molar-refractivity contribution >= 4 is 23.9 Å². The highest BCUT2D eigenvalue weighted by molar-refractivity contribution is 5.99. The number of pyridine rings is 1. The maximum atomic E-state index is 12.0. The summed E-state index contributed by atoms with van der Waals surface area (Å²) in [5.41, 5.74) is 0.124. The van der Waals surface area contributed by atoms with E-state index in [1.807, 2.05) is 6.92 Å².